The number of ketones is 1. The average molecular weight is 583 g/mol. The maximum atomic E-state index is 15.5. The predicted molar refractivity (Wildman–Crippen MR) is 156 cm³/mol. The van der Waals surface area contributed by atoms with E-state index in [1.165, 1.54) is 20.3 Å². The van der Waals surface area contributed by atoms with Crippen LogP contribution in [0, 0.1) is 17.6 Å². The topological polar surface area (TPSA) is 111 Å². The highest BCUT2D eigenvalue weighted by Gasteiger charge is 2.29. The Morgan fingerprint density at radius 3 is 2.62 bits per heavy atom. The number of nitrogens with zero attached hydrogens (tertiary/aromatic N) is 4. The molecule has 2 aromatic heterocycles. The number of carbonyl (C=O) groups excluding carboxylic acids is 1. The van der Waals surface area contributed by atoms with E-state index in [-0.39, 0.29) is 46.5 Å². The minimum absolute atomic E-state index is 0.0261. The number of halogens is 2. The third-order valence-corrected chi connectivity index (χ3v) is 8.08. The molecule has 1 unspecified atom stereocenters. The fraction of sp³-hybridized carbons (Fsp3) is 0.467. The van der Waals surface area contributed by atoms with Gasteiger partial charge < -0.3 is 29.7 Å². The number of likely N-dealkylation sites (tertiary alicyclic amines) is 1. The molecule has 1 aromatic carbocycles. The highest BCUT2D eigenvalue weighted by Crippen LogP contribution is 2.38. The number of hydrogen-bond acceptors (Lipinski definition) is 10. The molecule has 0 saturated carbocycles. The van der Waals surface area contributed by atoms with E-state index >= 15 is 8.78 Å². The summed E-state index contributed by atoms with van der Waals surface area (Å²) < 4.78 is 46.9. The van der Waals surface area contributed by atoms with E-state index in [2.05, 4.69) is 39.1 Å². The second kappa shape index (κ2) is 13.0. The van der Waals surface area contributed by atoms with Crippen molar-refractivity contribution in [2.24, 2.45) is 5.92 Å². The maximum Gasteiger partial charge on any atom is 0.223 e. The fourth-order valence-electron chi connectivity index (χ4n) is 5.62. The monoisotopic (exact) mass is 582 g/mol. The average Bonchev–Trinajstić information content (AvgIpc) is 3.41. The van der Waals surface area contributed by atoms with Gasteiger partial charge in [0.2, 0.25) is 5.95 Å². The van der Waals surface area contributed by atoms with E-state index < -0.39 is 11.6 Å². The number of hydrogen-bond donors (Lipinski definition) is 2. The highest BCUT2D eigenvalue weighted by atomic mass is 19.1. The number of pyridine rings is 1. The van der Waals surface area contributed by atoms with Crippen LogP contribution in [0.4, 0.5) is 20.5 Å². The molecule has 4 heterocycles. The molecule has 5 rings (SSSR count). The van der Waals surface area contributed by atoms with E-state index in [1.54, 1.807) is 12.3 Å². The van der Waals surface area contributed by atoms with E-state index in [9.17, 15) is 4.79 Å². The first-order valence-electron chi connectivity index (χ1n) is 14.0. The lowest BCUT2D eigenvalue weighted by Crippen LogP contribution is -2.40. The van der Waals surface area contributed by atoms with Crippen LogP contribution < -0.4 is 20.1 Å². The molecule has 10 nitrogen and oxygen atoms in total. The molecule has 2 aliphatic rings. The number of fused-ring (bicyclic) bond motifs is 1. The molecule has 12 heteroatoms. The summed E-state index contributed by atoms with van der Waals surface area (Å²) in [6.07, 6.45) is 6.11. The van der Waals surface area contributed by atoms with Crippen molar-refractivity contribution in [1.82, 2.24) is 19.9 Å². The molecule has 0 aliphatic carbocycles. The number of nitrogens with one attached hydrogen (secondary N) is 2. The van der Waals surface area contributed by atoms with Crippen molar-refractivity contribution in [3.8, 4) is 22.8 Å². The molecular weight excluding hydrogens is 546 g/mol. The van der Waals surface area contributed by atoms with Gasteiger partial charge >= 0.3 is 0 Å². The van der Waals surface area contributed by atoms with Crippen molar-refractivity contribution in [2.75, 3.05) is 58.2 Å². The summed E-state index contributed by atoms with van der Waals surface area (Å²) >= 11 is 0. The van der Waals surface area contributed by atoms with Crippen molar-refractivity contribution in [3.05, 3.63) is 42.6 Å². The highest BCUT2D eigenvalue weighted by molar-refractivity contribution is 5.92. The minimum Gasteiger partial charge on any atom is -0.494 e. The lowest BCUT2D eigenvalue weighted by molar-refractivity contribution is -0.116. The molecule has 0 bridgehead atoms. The van der Waals surface area contributed by atoms with E-state index in [0.29, 0.717) is 48.8 Å². The van der Waals surface area contributed by atoms with Crippen molar-refractivity contribution in [1.29, 1.82) is 0 Å². The molecule has 0 spiro atoms. The lowest BCUT2D eigenvalue weighted by atomic mass is 9.90. The lowest BCUT2D eigenvalue weighted by Gasteiger charge is -2.31. The normalized spacial score (nSPS) is 20.8. The van der Waals surface area contributed by atoms with E-state index in [1.807, 2.05) is 0 Å². The fourth-order valence-corrected chi connectivity index (χ4v) is 5.62. The first-order chi connectivity index (χ1) is 20.3. The summed E-state index contributed by atoms with van der Waals surface area (Å²) in [5.74, 6) is -1.39. The molecule has 2 fully saturated rings. The van der Waals surface area contributed by atoms with Gasteiger partial charge in [0, 0.05) is 43.3 Å². The molecule has 2 N–H and O–H groups in total. The molecule has 2 aliphatic heterocycles. The molecule has 3 aromatic rings. The number of rotatable bonds is 11. The van der Waals surface area contributed by atoms with Crippen LogP contribution in [0.3, 0.4) is 0 Å². The van der Waals surface area contributed by atoms with Gasteiger partial charge in [-0.3, -0.25) is 4.79 Å². The first-order valence-corrected chi connectivity index (χ1v) is 14.0. The smallest absolute Gasteiger partial charge is 0.223 e. The SMILES string of the molecule is C=CC(=O)C[C@H]1CCOC[C@H]1Nc1ncc2cc(-c3c(F)c(OC)cc(OC)c3F)nc(NCC3CCCN3C)c2n1. The molecule has 3 atom stereocenters. The predicted octanol–water partition coefficient (Wildman–Crippen LogP) is 4.46. The maximum absolute atomic E-state index is 15.5. The van der Waals surface area contributed by atoms with Gasteiger partial charge in [-0.1, -0.05) is 6.58 Å². The van der Waals surface area contributed by atoms with Crippen LogP contribution in [0.5, 0.6) is 11.5 Å². The van der Waals surface area contributed by atoms with Gasteiger partial charge in [0.25, 0.3) is 0 Å². The van der Waals surface area contributed by atoms with E-state index in [0.717, 1.165) is 31.9 Å². The number of anilines is 2. The van der Waals surface area contributed by atoms with Crippen molar-refractivity contribution >= 4 is 28.5 Å². The molecule has 0 radical (unpaired) electrons. The standard InChI is InChI=1S/C30H36F2N6O4/c1-5-20(39)11-17-8-10-42-16-22(17)36-30-34-14-18-12-21(25-26(31)23(40-3)13-24(41-4)27(25)32)35-29(28(18)37-30)33-15-19-7-6-9-38(19)2/h5,12-14,17,19,22H,1,6-11,15-16H2,2-4H3,(H,33,35)(H,34,36,37)/t17-,19?,22-/m1/s1. The van der Waals surface area contributed by atoms with Gasteiger partial charge in [-0.2, -0.15) is 0 Å². The van der Waals surface area contributed by atoms with Gasteiger partial charge in [0.05, 0.1) is 38.1 Å². The zero-order valence-electron chi connectivity index (χ0n) is 24.1. The van der Waals surface area contributed by atoms with Crippen molar-refractivity contribution in [2.45, 2.75) is 37.8 Å². The summed E-state index contributed by atoms with van der Waals surface area (Å²) in [4.78, 5) is 28.2. The summed E-state index contributed by atoms with van der Waals surface area (Å²) in [6.45, 7) is 6.13. The van der Waals surface area contributed by atoms with Crippen LogP contribution in [0.15, 0.2) is 31.0 Å². The van der Waals surface area contributed by atoms with Crippen molar-refractivity contribution < 1.29 is 27.8 Å². The Morgan fingerprint density at radius 2 is 1.95 bits per heavy atom. The van der Waals surface area contributed by atoms with Crippen LogP contribution in [-0.4, -0.2) is 85.3 Å². The molecule has 0 amide bonds. The molecule has 2 saturated heterocycles. The van der Waals surface area contributed by atoms with Gasteiger partial charge in [0.1, 0.15) is 5.52 Å². The number of benzene rings is 1. The Bertz CT molecular complexity index is 1440. The number of ether oxygens (including phenoxy) is 3. The van der Waals surface area contributed by atoms with Crippen LogP contribution in [0.25, 0.3) is 22.2 Å². The number of carbonyl (C=O) groups is 1. The number of likely N-dealkylation sites (N-methyl/N-ethyl adjacent to an activating group) is 1. The van der Waals surface area contributed by atoms with Crippen LogP contribution in [0.2, 0.25) is 0 Å². The van der Waals surface area contributed by atoms with Crippen molar-refractivity contribution in [3.63, 3.8) is 0 Å². The largest absolute Gasteiger partial charge is 0.494 e. The molecule has 42 heavy (non-hydrogen) atoms. The number of aromatic nitrogens is 3. The molecule has 224 valence electrons. The minimum atomic E-state index is -0.888. The third kappa shape index (κ3) is 6.14. The van der Waals surface area contributed by atoms with Crippen LogP contribution in [0.1, 0.15) is 25.7 Å². The quantitative estimate of drug-likeness (QED) is 0.315. The van der Waals surface area contributed by atoms with Gasteiger partial charge in [-0.05, 0) is 50.9 Å². The summed E-state index contributed by atoms with van der Waals surface area (Å²) in [6, 6.07) is 2.80. The summed E-state index contributed by atoms with van der Waals surface area (Å²) in [5.41, 5.74) is 0.165. The van der Waals surface area contributed by atoms with Gasteiger partial charge in [-0.15, -0.1) is 0 Å². The Hall–Kier alpha value is -3.90. The zero-order chi connectivity index (χ0) is 29.8. The van der Waals surface area contributed by atoms with E-state index in [4.69, 9.17) is 19.2 Å². The van der Waals surface area contributed by atoms with Crippen LogP contribution >= 0.6 is 0 Å². The number of allylic oxidation sites excluding steroid dienone is 1. The second-order valence-electron chi connectivity index (χ2n) is 10.7. The number of methoxy groups -OCH3 is 2. The third-order valence-electron chi connectivity index (χ3n) is 8.08. The second-order valence-corrected chi connectivity index (χ2v) is 10.7. The zero-order valence-corrected chi connectivity index (χ0v) is 24.1. The molecular formula is C30H36F2N6O4. The summed E-state index contributed by atoms with van der Waals surface area (Å²) in [5, 5.41) is 7.24. The Morgan fingerprint density at radius 1 is 1.19 bits per heavy atom. The first kappa shape index (κ1) is 29.6. The Labute approximate surface area is 243 Å². The summed E-state index contributed by atoms with van der Waals surface area (Å²) in [7, 11) is 4.67. The van der Waals surface area contributed by atoms with Gasteiger partial charge in [-0.25, -0.2) is 23.7 Å². The van der Waals surface area contributed by atoms with Crippen LogP contribution in [-0.2, 0) is 9.53 Å². The Kier molecular flexibility index (Phi) is 9.12. The Balaban J connectivity index is 1.55. The van der Waals surface area contributed by atoms with Gasteiger partial charge in [0.15, 0.2) is 34.7 Å².